The van der Waals surface area contributed by atoms with E-state index in [9.17, 15) is 23.1 Å². The fourth-order valence-electron chi connectivity index (χ4n) is 3.85. The molecule has 1 amide bonds. The first-order valence-corrected chi connectivity index (χ1v) is 11.9. The Balaban J connectivity index is 1.64. The largest absolute Gasteiger partial charge is 0.475 e. The molecular weight excluding hydrogens is 505 g/mol. The van der Waals surface area contributed by atoms with Gasteiger partial charge in [-0.2, -0.15) is 18.2 Å². The molecule has 3 N–H and O–H groups in total. The maximum absolute atomic E-state index is 13.1. The number of carbonyl (C=O) groups is 1. The number of halogens is 3. The Kier molecular flexibility index (Phi) is 8.45. The molecule has 3 aromatic rings. The first-order valence-electron chi connectivity index (χ1n) is 11.9. The molecule has 4 rings (SSSR count). The summed E-state index contributed by atoms with van der Waals surface area (Å²) in [5, 5.41) is 21.4. The Morgan fingerprint density at radius 2 is 1.95 bits per heavy atom. The van der Waals surface area contributed by atoms with Crippen molar-refractivity contribution < 1.29 is 37.7 Å². The highest BCUT2D eigenvalue weighted by molar-refractivity contribution is 6.03. The molecular formula is C26H27F3N4O5. The number of hydrogen-bond acceptors (Lipinski definition) is 8. The van der Waals surface area contributed by atoms with Gasteiger partial charge in [0.05, 0.1) is 25.4 Å². The molecule has 0 spiro atoms. The minimum Gasteiger partial charge on any atom is -0.475 e. The molecule has 9 nitrogen and oxygen atoms in total. The molecule has 1 saturated heterocycles. The van der Waals surface area contributed by atoms with Crippen LogP contribution in [0.3, 0.4) is 0 Å². The number of rotatable bonds is 8. The highest BCUT2D eigenvalue weighted by Crippen LogP contribution is 2.33. The Morgan fingerprint density at radius 3 is 2.66 bits per heavy atom. The highest BCUT2D eigenvalue weighted by Gasteiger charge is 2.31. The molecule has 12 heteroatoms. The van der Waals surface area contributed by atoms with Crippen LogP contribution in [0.15, 0.2) is 48.7 Å². The van der Waals surface area contributed by atoms with Gasteiger partial charge in [0, 0.05) is 31.0 Å². The summed E-state index contributed by atoms with van der Waals surface area (Å²) in [4.78, 5) is 23.0. The van der Waals surface area contributed by atoms with Crippen LogP contribution in [-0.2, 0) is 10.9 Å². The molecule has 1 aliphatic heterocycles. The van der Waals surface area contributed by atoms with E-state index in [2.05, 4.69) is 15.3 Å². The van der Waals surface area contributed by atoms with Gasteiger partial charge in [0.1, 0.15) is 24.2 Å². The second-order valence-electron chi connectivity index (χ2n) is 8.71. The van der Waals surface area contributed by atoms with Crippen LogP contribution in [0.4, 0.5) is 24.7 Å². The Morgan fingerprint density at radius 1 is 1.18 bits per heavy atom. The molecule has 0 aliphatic carbocycles. The van der Waals surface area contributed by atoms with Gasteiger partial charge in [-0.25, -0.2) is 0 Å². The van der Waals surface area contributed by atoms with Crippen LogP contribution in [0, 0.1) is 6.92 Å². The lowest BCUT2D eigenvalue weighted by atomic mass is 10.00. The molecule has 1 unspecified atom stereocenters. The molecule has 1 aromatic carbocycles. The van der Waals surface area contributed by atoms with Crippen molar-refractivity contribution >= 4 is 17.4 Å². The third-order valence-electron chi connectivity index (χ3n) is 5.88. The summed E-state index contributed by atoms with van der Waals surface area (Å²) >= 11 is 0. The molecule has 0 radical (unpaired) electrons. The second kappa shape index (κ2) is 11.8. The number of aryl methyl sites for hydroxylation is 1. The number of carbonyl (C=O) groups excluding carboxylic acids is 1. The van der Waals surface area contributed by atoms with Crippen LogP contribution in [-0.4, -0.2) is 71.7 Å². The molecule has 0 bridgehead atoms. The van der Waals surface area contributed by atoms with Crippen molar-refractivity contribution in [3.05, 3.63) is 65.5 Å². The van der Waals surface area contributed by atoms with E-state index < -0.39 is 30.4 Å². The van der Waals surface area contributed by atoms with E-state index in [1.165, 1.54) is 0 Å². The number of aromatic nitrogens is 2. The zero-order valence-corrected chi connectivity index (χ0v) is 20.5. The number of benzene rings is 1. The van der Waals surface area contributed by atoms with E-state index in [0.717, 1.165) is 23.4 Å². The minimum atomic E-state index is -4.60. The molecule has 38 heavy (non-hydrogen) atoms. The standard InChI is InChI=1S/C26H27F3N4O5/c1-16-2-3-19(31-25(36)22-12-18(4-5-30-22)26(27,28)29)13-21(16)17-10-23(33-6-8-37-9-7-33)32-24(11-17)38-15-20(35)14-34/h2-5,10-13,20,34-35H,6-9,14-15H2,1H3,(H,31,36). The van der Waals surface area contributed by atoms with Gasteiger partial charge in [-0.3, -0.25) is 9.78 Å². The van der Waals surface area contributed by atoms with Crippen molar-refractivity contribution in [2.45, 2.75) is 19.2 Å². The van der Waals surface area contributed by atoms with Gasteiger partial charge in [0.2, 0.25) is 5.88 Å². The number of anilines is 2. The molecule has 202 valence electrons. The SMILES string of the molecule is Cc1ccc(NC(=O)c2cc(C(F)(F)F)ccn2)cc1-c1cc(OCC(O)CO)nc(N2CCOCC2)c1. The van der Waals surface area contributed by atoms with E-state index in [1.807, 2.05) is 17.9 Å². The summed E-state index contributed by atoms with van der Waals surface area (Å²) in [6.07, 6.45) is -4.73. The van der Waals surface area contributed by atoms with Gasteiger partial charge in [-0.05, 0) is 53.9 Å². The predicted octanol–water partition coefficient (Wildman–Crippen LogP) is 3.29. The number of morpholine rings is 1. The summed E-state index contributed by atoms with van der Waals surface area (Å²) in [6.45, 7) is 3.57. The first-order chi connectivity index (χ1) is 18.1. The van der Waals surface area contributed by atoms with Gasteiger partial charge in [-0.1, -0.05) is 6.07 Å². The van der Waals surface area contributed by atoms with Crippen molar-refractivity contribution in [2.24, 2.45) is 0 Å². The summed E-state index contributed by atoms with van der Waals surface area (Å²) in [7, 11) is 0. The number of pyridine rings is 2. The van der Waals surface area contributed by atoms with Gasteiger partial charge >= 0.3 is 6.18 Å². The minimum absolute atomic E-state index is 0.158. The number of alkyl halides is 3. The molecule has 1 atom stereocenters. The number of nitrogens with one attached hydrogen (secondary N) is 1. The normalized spacial score (nSPS) is 14.7. The van der Waals surface area contributed by atoms with Crippen molar-refractivity contribution in [3.63, 3.8) is 0 Å². The van der Waals surface area contributed by atoms with Crippen LogP contribution in [0.1, 0.15) is 21.6 Å². The number of aliphatic hydroxyl groups is 2. The number of aliphatic hydroxyl groups excluding tert-OH is 2. The number of hydrogen-bond donors (Lipinski definition) is 3. The van der Waals surface area contributed by atoms with Gasteiger partial charge < -0.3 is 29.9 Å². The Labute approximate surface area is 216 Å². The second-order valence-corrected chi connectivity index (χ2v) is 8.71. The van der Waals surface area contributed by atoms with E-state index in [-0.39, 0.29) is 18.2 Å². The van der Waals surface area contributed by atoms with Crippen LogP contribution in [0.5, 0.6) is 5.88 Å². The van der Waals surface area contributed by atoms with Gasteiger partial charge in [-0.15, -0.1) is 0 Å². The van der Waals surface area contributed by atoms with Gasteiger partial charge in [0.25, 0.3) is 5.91 Å². The Hall–Kier alpha value is -3.74. The molecule has 0 saturated carbocycles. The average molecular weight is 533 g/mol. The summed E-state index contributed by atoms with van der Waals surface area (Å²) in [6, 6.07) is 10.2. The van der Waals surface area contributed by atoms with Gasteiger partial charge in [0.15, 0.2) is 0 Å². The monoisotopic (exact) mass is 532 g/mol. The quantitative estimate of drug-likeness (QED) is 0.405. The lowest BCUT2D eigenvalue weighted by Gasteiger charge is -2.28. The molecule has 3 heterocycles. The maximum Gasteiger partial charge on any atom is 0.416 e. The molecule has 2 aromatic heterocycles. The van der Waals surface area contributed by atoms with Crippen LogP contribution in [0.25, 0.3) is 11.1 Å². The smallest absolute Gasteiger partial charge is 0.416 e. The topological polar surface area (TPSA) is 117 Å². The van der Waals surface area contributed by atoms with Crippen LogP contribution < -0.4 is 15.0 Å². The van der Waals surface area contributed by atoms with Crippen molar-refractivity contribution in [1.82, 2.24) is 9.97 Å². The average Bonchev–Trinajstić information content (AvgIpc) is 2.92. The lowest BCUT2D eigenvalue weighted by molar-refractivity contribution is -0.137. The first kappa shape index (κ1) is 27.3. The van der Waals surface area contributed by atoms with Crippen LogP contribution >= 0.6 is 0 Å². The zero-order chi connectivity index (χ0) is 27.3. The maximum atomic E-state index is 13.1. The summed E-state index contributed by atoms with van der Waals surface area (Å²) < 4.78 is 50.2. The number of nitrogens with zero attached hydrogens (tertiary/aromatic N) is 3. The third-order valence-corrected chi connectivity index (χ3v) is 5.88. The summed E-state index contributed by atoms with van der Waals surface area (Å²) in [5.41, 5.74) is 1.33. The van der Waals surface area contributed by atoms with E-state index in [1.54, 1.807) is 24.3 Å². The third kappa shape index (κ3) is 6.77. The van der Waals surface area contributed by atoms with E-state index in [4.69, 9.17) is 14.6 Å². The fourth-order valence-corrected chi connectivity index (χ4v) is 3.85. The van der Waals surface area contributed by atoms with Crippen molar-refractivity contribution in [2.75, 3.05) is 49.7 Å². The fraction of sp³-hybridized carbons (Fsp3) is 0.346. The predicted molar refractivity (Wildman–Crippen MR) is 133 cm³/mol. The molecule has 1 aliphatic rings. The zero-order valence-electron chi connectivity index (χ0n) is 20.5. The number of amides is 1. The Bertz CT molecular complexity index is 1280. The van der Waals surface area contributed by atoms with E-state index >= 15 is 0 Å². The number of ether oxygens (including phenoxy) is 2. The van der Waals surface area contributed by atoms with Crippen molar-refractivity contribution in [1.29, 1.82) is 0 Å². The lowest BCUT2D eigenvalue weighted by Crippen LogP contribution is -2.36. The summed E-state index contributed by atoms with van der Waals surface area (Å²) in [5.74, 6) is 0.0800. The van der Waals surface area contributed by atoms with Crippen molar-refractivity contribution in [3.8, 4) is 17.0 Å². The highest BCUT2D eigenvalue weighted by atomic mass is 19.4. The van der Waals surface area contributed by atoms with Crippen LogP contribution in [0.2, 0.25) is 0 Å². The van der Waals surface area contributed by atoms with E-state index in [0.29, 0.717) is 49.4 Å². The molecule has 1 fully saturated rings.